The van der Waals surface area contributed by atoms with E-state index in [1.165, 1.54) is 48.7 Å². The fourth-order valence-electron chi connectivity index (χ4n) is 2.55. The standard InChI is InChI=1S/C15H26N2S/c1-3-14-7-8-15(18-14)13(2)16-9-6-12-17-10-4-5-11-17/h7-8,13,16H,3-6,9-12H2,1-2H3. The maximum absolute atomic E-state index is 3.64. The van der Waals surface area contributed by atoms with E-state index in [1.807, 2.05) is 11.3 Å². The lowest BCUT2D eigenvalue weighted by Gasteiger charge is -2.16. The minimum Gasteiger partial charge on any atom is -0.309 e. The molecular formula is C15H26N2S. The summed E-state index contributed by atoms with van der Waals surface area (Å²) in [4.78, 5) is 5.57. The Labute approximate surface area is 115 Å². The van der Waals surface area contributed by atoms with Crippen molar-refractivity contribution in [2.75, 3.05) is 26.2 Å². The lowest BCUT2D eigenvalue weighted by Crippen LogP contribution is -2.26. The molecule has 1 saturated heterocycles. The summed E-state index contributed by atoms with van der Waals surface area (Å²) in [6, 6.07) is 5.05. The summed E-state index contributed by atoms with van der Waals surface area (Å²) in [6.45, 7) is 9.55. The Kier molecular flexibility index (Phi) is 5.67. The second-order valence-electron chi connectivity index (χ2n) is 5.24. The Hall–Kier alpha value is -0.380. The number of rotatable bonds is 7. The van der Waals surface area contributed by atoms with Gasteiger partial charge in [-0.15, -0.1) is 11.3 Å². The van der Waals surface area contributed by atoms with E-state index < -0.39 is 0 Å². The predicted octanol–water partition coefficient (Wildman–Crippen LogP) is 3.45. The van der Waals surface area contributed by atoms with Crippen LogP contribution in [0.3, 0.4) is 0 Å². The van der Waals surface area contributed by atoms with Gasteiger partial charge in [-0.2, -0.15) is 0 Å². The monoisotopic (exact) mass is 266 g/mol. The van der Waals surface area contributed by atoms with Crippen LogP contribution < -0.4 is 5.32 Å². The first kappa shape index (κ1) is 14.0. The molecule has 1 fully saturated rings. The zero-order chi connectivity index (χ0) is 12.8. The van der Waals surface area contributed by atoms with E-state index in [4.69, 9.17) is 0 Å². The summed E-state index contributed by atoms with van der Waals surface area (Å²) in [5.41, 5.74) is 0. The number of nitrogens with one attached hydrogen (secondary N) is 1. The maximum Gasteiger partial charge on any atom is 0.0386 e. The molecule has 0 amide bonds. The predicted molar refractivity (Wildman–Crippen MR) is 80.4 cm³/mol. The van der Waals surface area contributed by atoms with Crippen molar-refractivity contribution in [3.05, 3.63) is 21.9 Å². The van der Waals surface area contributed by atoms with Crippen molar-refractivity contribution in [3.8, 4) is 0 Å². The summed E-state index contributed by atoms with van der Waals surface area (Å²) in [5, 5.41) is 3.64. The number of likely N-dealkylation sites (tertiary alicyclic amines) is 1. The van der Waals surface area contributed by atoms with E-state index in [0.29, 0.717) is 6.04 Å². The normalized spacial score (nSPS) is 18.3. The molecule has 1 aliphatic heterocycles. The molecule has 0 bridgehead atoms. The Balaban J connectivity index is 1.63. The van der Waals surface area contributed by atoms with Gasteiger partial charge in [-0.3, -0.25) is 0 Å². The summed E-state index contributed by atoms with van der Waals surface area (Å²) in [5.74, 6) is 0. The average Bonchev–Trinajstić information content (AvgIpc) is 3.05. The zero-order valence-corrected chi connectivity index (χ0v) is 12.6. The first-order valence-corrected chi connectivity index (χ1v) is 8.15. The summed E-state index contributed by atoms with van der Waals surface area (Å²) < 4.78 is 0. The van der Waals surface area contributed by atoms with Gasteiger partial charge in [-0.1, -0.05) is 6.92 Å². The molecule has 0 aliphatic carbocycles. The zero-order valence-electron chi connectivity index (χ0n) is 11.7. The molecule has 1 aromatic heterocycles. The highest BCUT2D eigenvalue weighted by Crippen LogP contribution is 2.23. The molecule has 1 aromatic rings. The molecule has 3 heteroatoms. The Morgan fingerprint density at radius 1 is 1.33 bits per heavy atom. The molecule has 0 saturated carbocycles. The van der Waals surface area contributed by atoms with E-state index >= 15 is 0 Å². The number of aryl methyl sites for hydroxylation is 1. The first-order valence-electron chi connectivity index (χ1n) is 7.34. The van der Waals surface area contributed by atoms with Crippen LogP contribution in [0.2, 0.25) is 0 Å². The molecule has 2 nitrogen and oxygen atoms in total. The van der Waals surface area contributed by atoms with Crippen molar-refractivity contribution in [1.29, 1.82) is 0 Å². The minimum atomic E-state index is 0.508. The van der Waals surface area contributed by atoms with Gasteiger partial charge in [0.2, 0.25) is 0 Å². The van der Waals surface area contributed by atoms with Crippen LogP contribution in [0.4, 0.5) is 0 Å². The largest absolute Gasteiger partial charge is 0.309 e. The van der Waals surface area contributed by atoms with Crippen LogP contribution in [0.25, 0.3) is 0 Å². The van der Waals surface area contributed by atoms with Gasteiger partial charge in [0, 0.05) is 15.8 Å². The SMILES string of the molecule is CCc1ccc(C(C)NCCCN2CCCC2)s1. The van der Waals surface area contributed by atoms with Gasteiger partial charge in [0.25, 0.3) is 0 Å². The van der Waals surface area contributed by atoms with Crippen LogP contribution in [-0.2, 0) is 6.42 Å². The van der Waals surface area contributed by atoms with Gasteiger partial charge in [0.1, 0.15) is 0 Å². The van der Waals surface area contributed by atoms with E-state index in [0.717, 1.165) is 13.0 Å². The van der Waals surface area contributed by atoms with Crippen molar-refractivity contribution in [2.45, 2.75) is 45.6 Å². The molecule has 2 heterocycles. The van der Waals surface area contributed by atoms with Gasteiger partial charge < -0.3 is 10.2 Å². The molecular weight excluding hydrogens is 240 g/mol. The molecule has 1 atom stereocenters. The third kappa shape index (κ3) is 4.08. The van der Waals surface area contributed by atoms with Crippen LogP contribution in [0.5, 0.6) is 0 Å². The first-order chi connectivity index (χ1) is 8.79. The Morgan fingerprint density at radius 2 is 2.11 bits per heavy atom. The van der Waals surface area contributed by atoms with Crippen LogP contribution in [0, 0.1) is 0 Å². The molecule has 0 spiro atoms. The quantitative estimate of drug-likeness (QED) is 0.761. The van der Waals surface area contributed by atoms with Crippen LogP contribution in [-0.4, -0.2) is 31.1 Å². The van der Waals surface area contributed by atoms with Crippen molar-refractivity contribution in [3.63, 3.8) is 0 Å². The third-order valence-electron chi connectivity index (χ3n) is 3.76. The van der Waals surface area contributed by atoms with E-state index in [9.17, 15) is 0 Å². The molecule has 0 aromatic carbocycles. The molecule has 1 aliphatic rings. The molecule has 18 heavy (non-hydrogen) atoms. The smallest absolute Gasteiger partial charge is 0.0386 e. The van der Waals surface area contributed by atoms with Crippen molar-refractivity contribution in [1.82, 2.24) is 10.2 Å². The lowest BCUT2D eigenvalue weighted by molar-refractivity contribution is 0.328. The fourth-order valence-corrected chi connectivity index (χ4v) is 3.52. The second-order valence-corrected chi connectivity index (χ2v) is 6.44. The fraction of sp³-hybridized carbons (Fsp3) is 0.733. The van der Waals surface area contributed by atoms with Crippen LogP contribution >= 0.6 is 11.3 Å². The number of nitrogens with zero attached hydrogens (tertiary/aromatic N) is 1. The summed E-state index contributed by atoms with van der Waals surface area (Å²) in [7, 11) is 0. The summed E-state index contributed by atoms with van der Waals surface area (Å²) in [6.07, 6.45) is 5.24. The number of thiophene rings is 1. The van der Waals surface area contributed by atoms with Crippen LogP contribution in [0.1, 0.15) is 48.9 Å². The molecule has 0 radical (unpaired) electrons. The van der Waals surface area contributed by atoms with Gasteiger partial charge in [0.05, 0.1) is 0 Å². The maximum atomic E-state index is 3.64. The lowest BCUT2D eigenvalue weighted by atomic mass is 10.2. The minimum absolute atomic E-state index is 0.508. The van der Waals surface area contributed by atoms with Gasteiger partial charge in [-0.05, 0) is 70.9 Å². The highest BCUT2D eigenvalue weighted by Gasteiger charge is 2.11. The van der Waals surface area contributed by atoms with Gasteiger partial charge in [0.15, 0.2) is 0 Å². The molecule has 102 valence electrons. The van der Waals surface area contributed by atoms with E-state index in [1.54, 1.807) is 0 Å². The van der Waals surface area contributed by atoms with Crippen molar-refractivity contribution in [2.24, 2.45) is 0 Å². The average molecular weight is 266 g/mol. The summed E-state index contributed by atoms with van der Waals surface area (Å²) >= 11 is 1.95. The van der Waals surface area contributed by atoms with Gasteiger partial charge in [-0.25, -0.2) is 0 Å². The Morgan fingerprint density at radius 3 is 2.78 bits per heavy atom. The molecule has 1 unspecified atom stereocenters. The highest BCUT2D eigenvalue weighted by atomic mass is 32.1. The van der Waals surface area contributed by atoms with Crippen molar-refractivity contribution >= 4 is 11.3 Å². The highest BCUT2D eigenvalue weighted by molar-refractivity contribution is 7.12. The number of hydrogen-bond donors (Lipinski definition) is 1. The molecule has 2 rings (SSSR count). The topological polar surface area (TPSA) is 15.3 Å². The van der Waals surface area contributed by atoms with Crippen molar-refractivity contribution < 1.29 is 0 Å². The number of hydrogen-bond acceptors (Lipinski definition) is 3. The van der Waals surface area contributed by atoms with Crippen LogP contribution in [0.15, 0.2) is 12.1 Å². The van der Waals surface area contributed by atoms with E-state index in [-0.39, 0.29) is 0 Å². The second kappa shape index (κ2) is 7.27. The third-order valence-corrected chi connectivity index (χ3v) is 5.17. The molecule has 1 N–H and O–H groups in total. The van der Waals surface area contributed by atoms with Gasteiger partial charge >= 0.3 is 0 Å². The van der Waals surface area contributed by atoms with E-state index in [2.05, 4.69) is 36.2 Å². The Bertz CT molecular complexity index is 342.